The first-order chi connectivity index (χ1) is 9.34. The van der Waals surface area contributed by atoms with Crippen LogP contribution in [0.3, 0.4) is 0 Å². The summed E-state index contributed by atoms with van der Waals surface area (Å²) in [7, 11) is 0. The largest absolute Gasteiger partial charge is 0.361 e. The van der Waals surface area contributed by atoms with Gasteiger partial charge in [0.05, 0.1) is 0 Å². The highest BCUT2D eigenvalue weighted by Crippen LogP contribution is 2.24. The van der Waals surface area contributed by atoms with Gasteiger partial charge in [-0.2, -0.15) is 0 Å². The van der Waals surface area contributed by atoms with E-state index in [2.05, 4.69) is 47.7 Å². The Kier molecular flexibility index (Phi) is 3.88. The molecule has 1 aliphatic rings. The molecule has 2 aromatic rings. The molecule has 2 heteroatoms. The fourth-order valence-electron chi connectivity index (χ4n) is 3.32. The Hall–Kier alpha value is -1.28. The summed E-state index contributed by atoms with van der Waals surface area (Å²) in [4.78, 5) is 3.36. The molecule has 3 rings (SSSR count). The highest BCUT2D eigenvalue weighted by molar-refractivity contribution is 5.82. The number of rotatable bonds is 3. The molecule has 1 aromatic carbocycles. The first-order valence-electron chi connectivity index (χ1n) is 7.63. The van der Waals surface area contributed by atoms with Gasteiger partial charge in [0.2, 0.25) is 0 Å². The van der Waals surface area contributed by atoms with Crippen molar-refractivity contribution in [1.29, 1.82) is 0 Å². The van der Waals surface area contributed by atoms with Gasteiger partial charge in [-0.05, 0) is 30.4 Å². The van der Waals surface area contributed by atoms with Crippen LogP contribution in [0.25, 0.3) is 10.9 Å². The Bertz CT molecular complexity index is 529. The van der Waals surface area contributed by atoms with Crippen molar-refractivity contribution in [2.24, 2.45) is 5.92 Å². The summed E-state index contributed by atoms with van der Waals surface area (Å²) >= 11 is 0. The van der Waals surface area contributed by atoms with Gasteiger partial charge in [0.1, 0.15) is 0 Å². The molecule has 0 saturated heterocycles. The fourth-order valence-corrected chi connectivity index (χ4v) is 3.32. The number of fused-ring (bicyclic) bond motifs is 1. The predicted molar refractivity (Wildman–Crippen MR) is 81.2 cm³/mol. The van der Waals surface area contributed by atoms with E-state index < -0.39 is 0 Å². The van der Waals surface area contributed by atoms with Crippen molar-refractivity contribution < 1.29 is 0 Å². The smallest absolute Gasteiger partial charge is 0.0457 e. The van der Waals surface area contributed by atoms with Gasteiger partial charge >= 0.3 is 0 Å². The van der Waals surface area contributed by atoms with Gasteiger partial charge in [-0.3, -0.25) is 0 Å². The van der Waals surface area contributed by atoms with Gasteiger partial charge in [0.25, 0.3) is 0 Å². The molecule has 0 amide bonds. The molecular weight excluding hydrogens is 232 g/mol. The van der Waals surface area contributed by atoms with Crippen LogP contribution in [0.5, 0.6) is 0 Å². The number of para-hydroxylation sites is 1. The number of H-pyrrole nitrogens is 1. The average molecular weight is 256 g/mol. The SMILES string of the molecule is CC1CCCCCC1NCc1c[nH]c2ccccc12. The van der Waals surface area contributed by atoms with E-state index >= 15 is 0 Å². The first-order valence-corrected chi connectivity index (χ1v) is 7.63. The van der Waals surface area contributed by atoms with Crippen molar-refractivity contribution in [3.05, 3.63) is 36.0 Å². The summed E-state index contributed by atoms with van der Waals surface area (Å²) in [5.74, 6) is 0.813. The van der Waals surface area contributed by atoms with Crippen molar-refractivity contribution in [2.75, 3.05) is 0 Å². The van der Waals surface area contributed by atoms with Gasteiger partial charge in [0.15, 0.2) is 0 Å². The third-order valence-electron chi connectivity index (χ3n) is 4.59. The molecule has 19 heavy (non-hydrogen) atoms. The molecule has 2 nitrogen and oxygen atoms in total. The van der Waals surface area contributed by atoms with Crippen molar-refractivity contribution in [3.63, 3.8) is 0 Å². The van der Waals surface area contributed by atoms with Crippen LogP contribution in [0, 0.1) is 5.92 Å². The first kappa shape index (κ1) is 12.7. The Morgan fingerprint density at radius 1 is 1.16 bits per heavy atom. The van der Waals surface area contributed by atoms with E-state index in [0.29, 0.717) is 6.04 Å². The Morgan fingerprint density at radius 2 is 2.00 bits per heavy atom. The minimum atomic E-state index is 0.691. The third-order valence-corrected chi connectivity index (χ3v) is 4.59. The van der Waals surface area contributed by atoms with E-state index in [4.69, 9.17) is 0 Å². The van der Waals surface area contributed by atoms with Crippen LogP contribution in [-0.2, 0) is 6.54 Å². The highest BCUT2D eigenvalue weighted by atomic mass is 14.9. The van der Waals surface area contributed by atoms with Gasteiger partial charge in [-0.25, -0.2) is 0 Å². The molecule has 2 atom stereocenters. The third kappa shape index (κ3) is 2.84. The molecule has 0 spiro atoms. The molecule has 2 unspecified atom stereocenters. The molecule has 0 radical (unpaired) electrons. The predicted octanol–water partition coefficient (Wildman–Crippen LogP) is 4.23. The molecule has 102 valence electrons. The lowest BCUT2D eigenvalue weighted by Gasteiger charge is -2.22. The average Bonchev–Trinajstić information content (AvgIpc) is 2.73. The van der Waals surface area contributed by atoms with E-state index in [1.807, 2.05) is 0 Å². The lowest BCUT2D eigenvalue weighted by Crippen LogP contribution is -2.33. The highest BCUT2D eigenvalue weighted by Gasteiger charge is 2.19. The van der Waals surface area contributed by atoms with Crippen LogP contribution in [0.4, 0.5) is 0 Å². The summed E-state index contributed by atoms with van der Waals surface area (Å²) in [5.41, 5.74) is 2.64. The van der Waals surface area contributed by atoms with Crippen molar-refractivity contribution in [2.45, 2.75) is 51.6 Å². The lowest BCUT2D eigenvalue weighted by molar-refractivity contribution is 0.356. The Labute approximate surface area is 115 Å². The van der Waals surface area contributed by atoms with Crippen LogP contribution < -0.4 is 5.32 Å². The number of hydrogen-bond donors (Lipinski definition) is 2. The molecular formula is C17H24N2. The molecule has 1 heterocycles. The van der Waals surface area contributed by atoms with Crippen LogP contribution in [0.1, 0.15) is 44.6 Å². The topological polar surface area (TPSA) is 27.8 Å². The molecule has 1 aliphatic carbocycles. The maximum atomic E-state index is 3.79. The van der Waals surface area contributed by atoms with Crippen molar-refractivity contribution in [1.82, 2.24) is 10.3 Å². The molecule has 0 aliphatic heterocycles. The van der Waals surface area contributed by atoms with E-state index in [0.717, 1.165) is 12.5 Å². The number of benzene rings is 1. The van der Waals surface area contributed by atoms with E-state index in [1.165, 1.54) is 48.6 Å². The van der Waals surface area contributed by atoms with Crippen LogP contribution in [0.2, 0.25) is 0 Å². The second-order valence-corrected chi connectivity index (χ2v) is 5.96. The van der Waals surface area contributed by atoms with Crippen LogP contribution in [0.15, 0.2) is 30.5 Å². The zero-order valence-electron chi connectivity index (χ0n) is 11.8. The van der Waals surface area contributed by atoms with Gasteiger partial charge in [0, 0.05) is 29.7 Å². The number of aromatic amines is 1. The molecule has 1 aromatic heterocycles. The summed E-state index contributed by atoms with van der Waals surface area (Å²) in [5, 5.41) is 5.14. The molecule has 0 bridgehead atoms. The lowest BCUT2D eigenvalue weighted by atomic mass is 9.97. The number of hydrogen-bond acceptors (Lipinski definition) is 1. The van der Waals surface area contributed by atoms with Crippen molar-refractivity contribution >= 4 is 10.9 Å². The molecule has 1 saturated carbocycles. The molecule has 2 N–H and O–H groups in total. The normalized spacial score (nSPS) is 24.5. The van der Waals surface area contributed by atoms with E-state index in [-0.39, 0.29) is 0 Å². The van der Waals surface area contributed by atoms with Gasteiger partial charge in [-0.1, -0.05) is 44.4 Å². The summed E-state index contributed by atoms with van der Waals surface area (Å²) in [6, 6.07) is 9.25. The van der Waals surface area contributed by atoms with Gasteiger partial charge in [-0.15, -0.1) is 0 Å². The van der Waals surface area contributed by atoms with Crippen LogP contribution in [-0.4, -0.2) is 11.0 Å². The summed E-state index contributed by atoms with van der Waals surface area (Å²) in [6.45, 7) is 3.39. The number of aromatic nitrogens is 1. The minimum Gasteiger partial charge on any atom is -0.361 e. The standard InChI is InChI=1S/C17H24N2/c1-13-7-3-2-4-9-16(13)18-11-14-12-19-17-10-6-5-8-15(14)17/h5-6,8,10,12-13,16,18-19H,2-4,7,9,11H2,1H3. The summed E-state index contributed by atoms with van der Waals surface area (Å²) < 4.78 is 0. The van der Waals surface area contributed by atoms with E-state index in [9.17, 15) is 0 Å². The monoisotopic (exact) mass is 256 g/mol. The Morgan fingerprint density at radius 3 is 2.95 bits per heavy atom. The number of nitrogens with one attached hydrogen (secondary N) is 2. The zero-order chi connectivity index (χ0) is 13.1. The molecule has 1 fully saturated rings. The second kappa shape index (κ2) is 5.79. The summed E-state index contributed by atoms with van der Waals surface area (Å²) in [6.07, 6.45) is 9.08. The van der Waals surface area contributed by atoms with Crippen LogP contribution >= 0.6 is 0 Å². The van der Waals surface area contributed by atoms with E-state index in [1.54, 1.807) is 0 Å². The second-order valence-electron chi connectivity index (χ2n) is 5.96. The zero-order valence-corrected chi connectivity index (χ0v) is 11.8. The van der Waals surface area contributed by atoms with Crippen molar-refractivity contribution in [3.8, 4) is 0 Å². The minimum absolute atomic E-state index is 0.691. The Balaban J connectivity index is 1.68. The quantitative estimate of drug-likeness (QED) is 0.790. The van der Waals surface area contributed by atoms with Gasteiger partial charge < -0.3 is 10.3 Å². The fraction of sp³-hybridized carbons (Fsp3) is 0.529. The maximum Gasteiger partial charge on any atom is 0.0457 e. The maximum absolute atomic E-state index is 3.79.